The quantitative estimate of drug-likeness (QED) is 0.600. The fourth-order valence-corrected chi connectivity index (χ4v) is 2.42. The number of aromatic nitrogens is 2. The fraction of sp³-hybridized carbons (Fsp3) is 0.471. The average molecular weight is 334 g/mol. The summed E-state index contributed by atoms with van der Waals surface area (Å²) in [5.41, 5.74) is 1.63. The van der Waals surface area contributed by atoms with Crippen molar-refractivity contribution >= 4 is 17.7 Å². The van der Waals surface area contributed by atoms with Gasteiger partial charge in [0.1, 0.15) is 11.4 Å². The Kier molecular flexibility index (Phi) is 5.46. The number of esters is 1. The van der Waals surface area contributed by atoms with Gasteiger partial charge in [-0.3, -0.25) is 4.79 Å². The number of nitrogens with zero attached hydrogens (tertiary/aromatic N) is 2. The van der Waals surface area contributed by atoms with Crippen LogP contribution in [0.2, 0.25) is 0 Å². The summed E-state index contributed by atoms with van der Waals surface area (Å²) in [5, 5.41) is 8.34. The maximum atomic E-state index is 11.7. The molecule has 0 aliphatic heterocycles. The third-order valence-corrected chi connectivity index (χ3v) is 3.76. The minimum Gasteiger partial charge on any atom is -0.459 e. The molecule has 0 aliphatic rings. The zero-order valence-electron chi connectivity index (χ0n) is 14.1. The zero-order valence-corrected chi connectivity index (χ0v) is 14.9. The minimum atomic E-state index is -0.490. The molecule has 0 N–H and O–H groups in total. The van der Waals surface area contributed by atoms with Crippen LogP contribution >= 0.6 is 11.8 Å². The van der Waals surface area contributed by atoms with Crippen molar-refractivity contribution in [3.05, 3.63) is 29.8 Å². The van der Waals surface area contributed by atoms with Crippen LogP contribution in [0.3, 0.4) is 0 Å². The predicted molar refractivity (Wildman–Crippen MR) is 90.4 cm³/mol. The van der Waals surface area contributed by atoms with Crippen LogP contribution in [0, 0.1) is 0 Å². The van der Waals surface area contributed by atoms with Crippen LogP contribution in [0.25, 0.3) is 11.5 Å². The summed E-state index contributed by atoms with van der Waals surface area (Å²) >= 11 is 1.18. The summed E-state index contributed by atoms with van der Waals surface area (Å²) in [6.45, 7) is 9.80. The highest BCUT2D eigenvalue weighted by Gasteiger charge is 2.18. The van der Waals surface area contributed by atoms with Gasteiger partial charge in [0, 0.05) is 5.56 Å². The van der Waals surface area contributed by atoms with E-state index < -0.39 is 5.60 Å². The molecule has 0 bridgehead atoms. The molecule has 0 fully saturated rings. The molecule has 1 aromatic heterocycles. The first-order valence-electron chi connectivity index (χ1n) is 7.53. The molecule has 1 heterocycles. The standard InChI is InChI=1S/C17H22N2O3S/c1-11(2)12-6-8-13(9-7-12)15-18-19-16(21-15)23-10-14(20)22-17(3,4)5/h6-9,11H,10H2,1-5H3. The van der Waals surface area contributed by atoms with E-state index in [2.05, 4.69) is 36.2 Å². The third-order valence-electron chi connectivity index (χ3n) is 2.96. The molecular weight excluding hydrogens is 312 g/mol. The molecule has 1 aromatic carbocycles. The summed E-state index contributed by atoms with van der Waals surface area (Å²) in [7, 11) is 0. The van der Waals surface area contributed by atoms with Crippen molar-refractivity contribution in [3.8, 4) is 11.5 Å². The first-order valence-corrected chi connectivity index (χ1v) is 8.51. The van der Waals surface area contributed by atoms with Gasteiger partial charge in [0.05, 0.1) is 0 Å². The Balaban J connectivity index is 1.96. The minimum absolute atomic E-state index is 0.144. The second kappa shape index (κ2) is 7.17. The van der Waals surface area contributed by atoms with Crippen LogP contribution in [-0.2, 0) is 9.53 Å². The topological polar surface area (TPSA) is 65.2 Å². The number of hydrogen-bond acceptors (Lipinski definition) is 6. The van der Waals surface area contributed by atoms with E-state index >= 15 is 0 Å². The predicted octanol–water partition coefficient (Wildman–Crippen LogP) is 4.29. The molecule has 0 spiro atoms. The third kappa shape index (κ3) is 5.39. The van der Waals surface area contributed by atoms with Gasteiger partial charge >= 0.3 is 5.97 Å². The van der Waals surface area contributed by atoms with Crippen LogP contribution in [0.5, 0.6) is 0 Å². The number of carbonyl (C=O) groups excluding carboxylic acids is 1. The second-order valence-corrected chi connectivity index (χ2v) is 7.45. The van der Waals surface area contributed by atoms with Gasteiger partial charge in [-0.05, 0) is 44.4 Å². The molecule has 124 valence electrons. The maximum Gasteiger partial charge on any atom is 0.316 e. The number of ether oxygens (including phenoxy) is 1. The molecule has 0 saturated carbocycles. The number of hydrogen-bond donors (Lipinski definition) is 0. The molecule has 6 heteroatoms. The van der Waals surface area contributed by atoms with E-state index in [1.165, 1.54) is 17.3 Å². The monoisotopic (exact) mass is 334 g/mol. The number of rotatable bonds is 5. The van der Waals surface area contributed by atoms with E-state index in [0.717, 1.165) is 5.56 Å². The maximum absolute atomic E-state index is 11.7. The lowest BCUT2D eigenvalue weighted by Gasteiger charge is -2.18. The summed E-state index contributed by atoms with van der Waals surface area (Å²) in [6.07, 6.45) is 0. The van der Waals surface area contributed by atoms with Gasteiger partial charge in [-0.1, -0.05) is 37.7 Å². The van der Waals surface area contributed by atoms with E-state index in [0.29, 0.717) is 17.0 Å². The Morgan fingerprint density at radius 1 is 1.22 bits per heavy atom. The summed E-state index contributed by atoms with van der Waals surface area (Å²) in [6, 6.07) is 8.03. The van der Waals surface area contributed by atoms with Crippen molar-refractivity contribution in [3.63, 3.8) is 0 Å². The van der Waals surface area contributed by atoms with E-state index in [1.807, 2.05) is 32.9 Å². The highest BCUT2D eigenvalue weighted by atomic mass is 32.2. The summed E-state index contributed by atoms with van der Waals surface area (Å²) in [5.74, 6) is 0.771. The van der Waals surface area contributed by atoms with Gasteiger partial charge in [0.25, 0.3) is 5.22 Å². The largest absolute Gasteiger partial charge is 0.459 e. The van der Waals surface area contributed by atoms with Crippen LogP contribution in [0.15, 0.2) is 33.9 Å². The van der Waals surface area contributed by atoms with E-state index in [-0.39, 0.29) is 11.7 Å². The number of thioether (sulfide) groups is 1. The Bertz CT molecular complexity index is 657. The van der Waals surface area contributed by atoms with Gasteiger partial charge < -0.3 is 9.15 Å². The lowest BCUT2D eigenvalue weighted by atomic mass is 10.0. The van der Waals surface area contributed by atoms with E-state index in [9.17, 15) is 4.79 Å². The Labute approximate surface area is 140 Å². The molecule has 0 atom stereocenters. The van der Waals surface area contributed by atoms with Crippen LogP contribution in [0.4, 0.5) is 0 Å². The molecule has 5 nitrogen and oxygen atoms in total. The lowest BCUT2D eigenvalue weighted by molar-refractivity contribution is -0.151. The number of benzene rings is 1. The first kappa shape index (κ1) is 17.5. The molecule has 0 unspecified atom stereocenters. The normalized spacial score (nSPS) is 11.7. The number of carbonyl (C=O) groups is 1. The van der Waals surface area contributed by atoms with Crippen LogP contribution < -0.4 is 0 Å². The smallest absolute Gasteiger partial charge is 0.316 e. The van der Waals surface area contributed by atoms with Crippen molar-refractivity contribution in [2.24, 2.45) is 0 Å². The Morgan fingerprint density at radius 3 is 2.43 bits per heavy atom. The molecule has 0 aliphatic carbocycles. The molecular formula is C17H22N2O3S. The van der Waals surface area contributed by atoms with Gasteiger partial charge in [-0.2, -0.15) is 0 Å². The Hall–Kier alpha value is -1.82. The van der Waals surface area contributed by atoms with Crippen molar-refractivity contribution in [1.82, 2.24) is 10.2 Å². The Morgan fingerprint density at radius 2 is 1.87 bits per heavy atom. The molecule has 23 heavy (non-hydrogen) atoms. The molecule has 0 saturated heterocycles. The molecule has 0 amide bonds. The van der Waals surface area contributed by atoms with E-state index in [1.54, 1.807) is 0 Å². The van der Waals surface area contributed by atoms with Crippen molar-refractivity contribution < 1.29 is 13.9 Å². The molecule has 2 rings (SSSR count). The van der Waals surface area contributed by atoms with E-state index in [4.69, 9.17) is 9.15 Å². The van der Waals surface area contributed by atoms with Gasteiger partial charge in [-0.15, -0.1) is 10.2 Å². The highest BCUT2D eigenvalue weighted by Crippen LogP contribution is 2.25. The molecule has 2 aromatic rings. The SMILES string of the molecule is CC(C)c1ccc(-c2nnc(SCC(=O)OC(C)(C)C)o2)cc1. The van der Waals surface area contributed by atoms with Gasteiger partial charge in [0.2, 0.25) is 5.89 Å². The fourth-order valence-electron chi connectivity index (χ4n) is 1.89. The summed E-state index contributed by atoms with van der Waals surface area (Å²) < 4.78 is 10.8. The second-order valence-electron chi connectivity index (χ2n) is 6.52. The van der Waals surface area contributed by atoms with Crippen LogP contribution in [0.1, 0.15) is 46.1 Å². The average Bonchev–Trinajstić information content (AvgIpc) is 2.92. The highest BCUT2D eigenvalue weighted by molar-refractivity contribution is 7.99. The van der Waals surface area contributed by atoms with Gasteiger partial charge in [-0.25, -0.2) is 0 Å². The summed E-state index contributed by atoms with van der Waals surface area (Å²) in [4.78, 5) is 11.7. The van der Waals surface area contributed by atoms with Crippen molar-refractivity contribution in [2.45, 2.75) is 51.4 Å². The molecule has 0 radical (unpaired) electrons. The van der Waals surface area contributed by atoms with Crippen molar-refractivity contribution in [1.29, 1.82) is 0 Å². The lowest BCUT2D eigenvalue weighted by Crippen LogP contribution is -2.24. The zero-order chi connectivity index (χ0) is 17.0. The van der Waals surface area contributed by atoms with Crippen LogP contribution in [-0.4, -0.2) is 27.5 Å². The van der Waals surface area contributed by atoms with Crippen molar-refractivity contribution in [2.75, 3.05) is 5.75 Å². The first-order chi connectivity index (χ1) is 10.7. The van der Waals surface area contributed by atoms with Gasteiger partial charge in [0.15, 0.2) is 0 Å².